The number of rotatable bonds is 5. The summed E-state index contributed by atoms with van der Waals surface area (Å²) in [7, 11) is -0.650. The van der Waals surface area contributed by atoms with Crippen molar-refractivity contribution in [3.05, 3.63) is 28.8 Å². The van der Waals surface area contributed by atoms with E-state index >= 15 is 0 Å². The first-order valence-electron chi connectivity index (χ1n) is 7.42. The van der Waals surface area contributed by atoms with Crippen molar-refractivity contribution in [3.8, 4) is 0 Å². The highest BCUT2D eigenvalue weighted by molar-refractivity contribution is 7.89. The second-order valence-corrected chi connectivity index (χ2v) is 7.88. The monoisotopic (exact) mass is 396 g/mol. The molecule has 6 nitrogen and oxygen atoms in total. The molecule has 1 heterocycles. The van der Waals surface area contributed by atoms with Crippen LogP contribution in [0.2, 0.25) is 5.02 Å². The fourth-order valence-electron chi connectivity index (χ4n) is 2.78. The highest BCUT2D eigenvalue weighted by Gasteiger charge is 2.32. The van der Waals surface area contributed by atoms with E-state index in [2.05, 4.69) is 10.1 Å². The molecular weight excluding hydrogens is 375 g/mol. The van der Waals surface area contributed by atoms with E-state index in [1.54, 1.807) is 0 Å². The van der Waals surface area contributed by atoms with Crippen molar-refractivity contribution < 1.29 is 17.9 Å². The Balaban J connectivity index is 0.00000288. The highest BCUT2D eigenvalue weighted by Crippen LogP contribution is 2.27. The third-order valence-electron chi connectivity index (χ3n) is 4.03. The Morgan fingerprint density at radius 2 is 2.00 bits per heavy atom. The molecular formula is C15H22Cl2N2O4S. The maximum Gasteiger partial charge on any atom is 0.339 e. The molecule has 1 aromatic carbocycles. The van der Waals surface area contributed by atoms with E-state index < -0.39 is 16.0 Å². The Labute approximate surface area is 154 Å². The van der Waals surface area contributed by atoms with Gasteiger partial charge in [-0.05, 0) is 50.6 Å². The van der Waals surface area contributed by atoms with Crippen LogP contribution in [0.4, 0.5) is 0 Å². The van der Waals surface area contributed by atoms with Crippen molar-refractivity contribution >= 4 is 40.0 Å². The standard InChI is InChI=1S/C15H21ClN2O4S.ClH/c1-17-10-11-5-7-18(8-6-11)23(20,21)14-4-3-12(16)9-13(14)15(19)22-2;/h3-4,9,11,17H,5-8,10H2,1-2H3;1H. The van der Waals surface area contributed by atoms with Crippen LogP contribution in [-0.2, 0) is 14.8 Å². The molecule has 1 N–H and O–H groups in total. The molecule has 136 valence electrons. The first-order valence-corrected chi connectivity index (χ1v) is 9.24. The van der Waals surface area contributed by atoms with E-state index in [0.29, 0.717) is 19.0 Å². The number of ether oxygens (including phenoxy) is 1. The number of halogens is 2. The molecule has 2 rings (SSSR count). The average Bonchev–Trinajstić information content (AvgIpc) is 2.54. The van der Waals surface area contributed by atoms with E-state index in [-0.39, 0.29) is 27.9 Å². The van der Waals surface area contributed by atoms with E-state index in [4.69, 9.17) is 11.6 Å². The summed E-state index contributed by atoms with van der Waals surface area (Å²) in [6.45, 7) is 1.76. The van der Waals surface area contributed by atoms with Gasteiger partial charge >= 0.3 is 5.97 Å². The summed E-state index contributed by atoms with van der Waals surface area (Å²) < 4.78 is 31.8. The molecule has 0 aliphatic carbocycles. The van der Waals surface area contributed by atoms with E-state index in [1.165, 1.54) is 29.6 Å². The quantitative estimate of drug-likeness (QED) is 0.771. The molecule has 9 heteroatoms. The molecule has 0 spiro atoms. The van der Waals surface area contributed by atoms with Crippen molar-refractivity contribution in [3.63, 3.8) is 0 Å². The van der Waals surface area contributed by atoms with Gasteiger partial charge in [0.1, 0.15) is 0 Å². The fourth-order valence-corrected chi connectivity index (χ4v) is 4.58. The summed E-state index contributed by atoms with van der Waals surface area (Å²) in [5.41, 5.74) is -0.0302. The average molecular weight is 397 g/mol. The normalized spacial score (nSPS) is 16.5. The number of carbonyl (C=O) groups excluding carboxylic acids is 1. The van der Waals surface area contributed by atoms with Gasteiger partial charge in [0, 0.05) is 18.1 Å². The van der Waals surface area contributed by atoms with Crippen LogP contribution in [0.1, 0.15) is 23.2 Å². The van der Waals surface area contributed by atoms with Crippen molar-refractivity contribution in [2.24, 2.45) is 5.92 Å². The third-order valence-corrected chi connectivity index (χ3v) is 6.22. The molecule has 0 bridgehead atoms. The molecule has 0 atom stereocenters. The summed E-state index contributed by atoms with van der Waals surface area (Å²) in [5.74, 6) is -0.243. The minimum absolute atomic E-state index is 0. The molecule has 1 aliphatic rings. The predicted molar refractivity (Wildman–Crippen MR) is 95.4 cm³/mol. The second-order valence-electron chi connectivity index (χ2n) is 5.54. The van der Waals surface area contributed by atoms with Crippen LogP contribution in [0.25, 0.3) is 0 Å². The topological polar surface area (TPSA) is 75.7 Å². The number of carbonyl (C=O) groups is 1. The summed E-state index contributed by atoms with van der Waals surface area (Å²) in [5, 5.41) is 3.41. The number of piperidine rings is 1. The first kappa shape index (κ1) is 21.2. The van der Waals surface area contributed by atoms with Gasteiger partial charge in [-0.3, -0.25) is 0 Å². The van der Waals surface area contributed by atoms with Gasteiger partial charge in [0.05, 0.1) is 17.6 Å². The zero-order chi connectivity index (χ0) is 17.0. The first-order chi connectivity index (χ1) is 10.9. The molecule has 1 aliphatic heterocycles. The lowest BCUT2D eigenvalue weighted by Gasteiger charge is -2.31. The Hall–Kier alpha value is -0.860. The number of esters is 1. The molecule has 1 fully saturated rings. The van der Waals surface area contributed by atoms with Crippen molar-refractivity contribution in [2.75, 3.05) is 33.8 Å². The van der Waals surface area contributed by atoms with Crippen LogP contribution in [0.3, 0.4) is 0 Å². The Morgan fingerprint density at radius 1 is 1.38 bits per heavy atom. The molecule has 0 radical (unpaired) electrons. The zero-order valence-corrected chi connectivity index (χ0v) is 16.0. The van der Waals surface area contributed by atoms with E-state index in [9.17, 15) is 13.2 Å². The molecule has 1 saturated heterocycles. The number of nitrogens with zero attached hydrogens (tertiary/aromatic N) is 1. The summed E-state index contributed by atoms with van der Waals surface area (Å²) in [4.78, 5) is 11.8. The Kier molecular flexibility index (Phi) is 7.95. The van der Waals surface area contributed by atoms with E-state index in [1.807, 2.05) is 7.05 Å². The summed E-state index contributed by atoms with van der Waals surface area (Å²) in [6.07, 6.45) is 1.59. The highest BCUT2D eigenvalue weighted by atomic mass is 35.5. The fraction of sp³-hybridized carbons (Fsp3) is 0.533. The lowest BCUT2D eigenvalue weighted by Crippen LogP contribution is -2.40. The number of sulfonamides is 1. The number of benzene rings is 1. The minimum atomic E-state index is -3.75. The van der Waals surface area contributed by atoms with Crippen LogP contribution in [0, 0.1) is 5.92 Å². The molecule has 0 aromatic heterocycles. The lowest BCUT2D eigenvalue weighted by molar-refractivity contribution is 0.0596. The maximum atomic E-state index is 12.9. The van der Waals surface area contributed by atoms with Crippen molar-refractivity contribution in [1.82, 2.24) is 9.62 Å². The Bertz CT molecular complexity index is 674. The van der Waals surface area contributed by atoms with Crippen molar-refractivity contribution in [2.45, 2.75) is 17.7 Å². The summed E-state index contributed by atoms with van der Waals surface area (Å²) >= 11 is 5.88. The third kappa shape index (κ3) is 4.61. The van der Waals surface area contributed by atoms with Gasteiger partial charge in [-0.15, -0.1) is 12.4 Å². The maximum absolute atomic E-state index is 12.9. The molecule has 0 amide bonds. The largest absolute Gasteiger partial charge is 0.465 e. The molecule has 24 heavy (non-hydrogen) atoms. The molecule has 0 unspecified atom stereocenters. The zero-order valence-electron chi connectivity index (χ0n) is 13.6. The molecule has 1 aromatic rings. The van der Waals surface area contributed by atoms with Crippen LogP contribution in [0.15, 0.2) is 23.1 Å². The Morgan fingerprint density at radius 3 is 2.54 bits per heavy atom. The second kappa shape index (κ2) is 9.01. The number of hydrogen-bond donors (Lipinski definition) is 1. The van der Waals surface area contributed by atoms with Crippen LogP contribution < -0.4 is 5.32 Å². The van der Waals surface area contributed by atoms with Gasteiger partial charge in [0.25, 0.3) is 0 Å². The van der Waals surface area contributed by atoms with Crippen molar-refractivity contribution in [1.29, 1.82) is 0 Å². The smallest absolute Gasteiger partial charge is 0.339 e. The van der Waals surface area contributed by atoms with Crippen LogP contribution >= 0.6 is 24.0 Å². The minimum Gasteiger partial charge on any atom is -0.465 e. The SMILES string of the molecule is CNCC1CCN(S(=O)(=O)c2ccc(Cl)cc2C(=O)OC)CC1.Cl. The summed E-state index contributed by atoms with van der Waals surface area (Å²) in [6, 6.07) is 4.16. The molecule has 0 saturated carbocycles. The van der Waals surface area contributed by atoms with Crippen LogP contribution in [-0.4, -0.2) is 52.5 Å². The lowest BCUT2D eigenvalue weighted by atomic mass is 9.98. The predicted octanol–water partition coefficient (Wildman–Crippen LogP) is 2.17. The van der Waals surface area contributed by atoms with E-state index in [0.717, 1.165) is 19.4 Å². The van der Waals surface area contributed by atoms with Gasteiger partial charge in [0.15, 0.2) is 0 Å². The van der Waals surface area contributed by atoms with Gasteiger partial charge in [0.2, 0.25) is 10.0 Å². The number of nitrogens with one attached hydrogen (secondary N) is 1. The number of methoxy groups -OCH3 is 1. The van der Waals surface area contributed by atoms with Gasteiger partial charge in [-0.1, -0.05) is 11.6 Å². The number of hydrogen-bond acceptors (Lipinski definition) is 5. The van der Waals surface area contributed by atoms with Gasteiger partial charge in [-0.2, -0.15) is 4.31 Å². The van der Waals surface area contributed by atoms with Crippen LogP contribution in [0.5, 0.6) is 0 Å². The van der Waals surface area contributed by atoms with Gasteiger partial charge < -0.3 is 10.1 Å². The van der Waals surface area contributed by atoms with Gasteiger partial charge in [-0.25, -0.2) is 13.2 Å².